The predicted molar refractivity (Wildman–Crippen MR) is 73.8 cm³/mol. The third-order valence-corrected chi connectivity index (χ3v) is 2.66. The largest absolute Gasteiger partial charge is 0.444 e. The van der Waals surface area contributed by atoms with Gasteiger partial charge in [0.05, 0.1) is 0 Å². The lowest BCUT2D eigenvalue weighted by Gasteiger charge is -2.30. The van der Waals surface area contributed by atoms with Gasteiger partial charge in [0.2, 0.25) is 0 Å². The molecule has 0 radical (unpaired) electrons. The minimum atomic E-state index is -0.990. The normalized spacial score (nSPS) is 12.7. The topological polar surface area (TPSA) is 46.6 Å². The van der Waals surface area contributed by atoms with E-state index < -0.39 is 23.6 Å². The van der Waals surface area contributed by atoms with E-state index in [2.05, 4.69) is 0 Å². The Morgan fingerprint density at radius 1 is 1.40 bits per heavy atom. The Bertz CT molecular complexity index is 482. The van der Waals surface area contributed by atoms with Crippen molar-refractivity contribution in [3.05, 3.63) is 35.6 Å². The number of ether oxygens (including phenoxy) is 1. The quantitative estimate of drug-likeness (QED) is 0.795. The first-order valence-corrected chi connectivity index (χ1v) is 6.49. The summed E-state index contributed by atoms with van der Waals surface area (Å²) in [5, 5.41) is 0. The van der Waals surface area contributed by atoms with Crippen molar-refractivity contribution in [1.29, 1.82) is 0 Å². The number of hydrogen-bond donors (Lipinski definition) is 0. The molecule has 0 saturated heterocycles. The van der Waals surface area contributed by atoms with Crippen LogP contribution in [0.25, 0.3) is 0 Å². The number of carbonyl (C=O) groups excluding carboxylic acids is 2. The molecule has 1 aromatic carbocycles. The highest BCUT2D eigenvalue weighted by molar-refractivity contribution is 5.75. The number of rotatable bonds is 4. The average molecular weight is 281 g/mol. The fourth-order valence-electron chi connectivity index (χ4n) is 1.79. The molecule has 0 N–H and O–H groups in total. The van der Waals surface area contributed by atoms with Gasteiger partial charge in [-0.1, -0.05) is 18.2 Å². The molecule has 0 bridgehead atoms. The van der Waals surface area contributed by atoms with Crippen LogP contribution in [0.15, 0.2) is 24.3 Å². The number of nitrogens with zero attached hydrogens (tertiary/aromatic N) is 1. The first kappa shape index (κ1) is 16.1. The van der Waals surface area contributed by atoms with Gasteiger partial charge in [-0.3, -0.25) is 4.90 Å². The second-order valence-corrected chi connectivity index (χ2v) is 5.37. The molecule has 4 nitrogen and oxygen atoms in total. The molecule has 0 heterocycles. The first-order valence-electron chi connectivity index (χ1n) is 6.49. The maximum absolute atomic E-state index is 13.8. The zero-order valence-corrected chi connectivity index (χ0v) is 12.2. The smallest absolute Gasteiger partial charge is 0.411 e. The Balaban J connectivity index is 3.05. The second kappa shape index (κ2) is 6.50. The summed E-state index contributed by atoms with van der Waals surface area (Å²) in [6, 6.07) is 4.91. The van der Waals surface area contributed by atoms with Crippen LogP contribution in [0.3, 0.4) is 0 Å². The van der Waals surface area contributed by atoms with Crippen molar-refractivity contribution in [2.75, 3.05) is 6.54 Å². The minimum absolute atomic E-state index is 0.162. The monoisotopic (exact) mass is 281 g/mol. The summed E-state index contributed by atoms with van der Waals surface area (Å²) in [6.45, 7) is 7.15. The Labute approximate surface area is 118 Å². The molecule has 1 aromatic rings. The maximum atomic E-state index is 13.8. The summed E-state index contributed by atoms with van der Waals surface area (Å²) < 4.78 is 19.0. The van der Waals surface area contributed by atoms with Gasteiger partial charge < -0.3 is 9.53 Å². The SMILES string of the molecule is CCN(C(=O)OC(C)(C)C)C(C=O)c1ccccc1F. The molecule has 0 aliphatic rings. The van der Waals surface area contributed by atoms with E-state index in [0.29, 0.717) is 6.29 Å². The summed E-state index contributed by atoms with van der Waals surface area (Å²) in [5.41, 5.74) is -0.511. The van der Waals surface area contributed by atoms with E-state index in [-0.39, 0.29) is 12.1 Å². The van der Waals surface area contributed by atoms with E-state index in [9.17, 15) is 14.0 Å². The Morgan fingerprint density at radius 3 is 2.45 bits per heavy atom. The van der Waals surface area contributed by atoms with Crippen molar-refractivity contribution in [1.82, 2.24) is 4.90 Å². The molecular formula is C15H20FNO3. The van der Waals surface area contributed by atoms with Gasteiger partial charge in [-0.05, 0) is 33.8 Å². The Kier molecular flexibility index (Phi) is 5.25. The van der Waals surface area contributed by atoms with Gasteiger partial charge in [0.25, 0.3) is 0 Å². The van der Waals surface area contributed by atoms with Gasteiger partial charge in [0.15, 0.2) is 0 Å². The summed E-state index contributed by atoms with van der Waals surface area (Å²) in [6.07, 6.45) is -0.0911. The molecule has 5 heteroatoms. The molecular weight excluding hydrogens is 261 g/mol. The number of amides is 1. The lowest BCUT2D eigenvalue weighted by atomic mass is 10.1. The molecule has 1 rings (SSSR count). The summed E-state index contributed by atoms with van der Waals surface area (Å²) in [7, 11) is 0. The van der Waals surface area contributed by atoms with Gasteiger partial charge in [-0.25, -0.2) is 9.18 Å². The van der Waals surface area contributed by atoms with E-state index in [0.717, 1.165) is 0 Å². The number of hydrogen-bond acceptors (Lipinski definition) is 3. The van der Waals surface area contributed by atoms with Crippen LogP contribution >= 0.6 is 0 Å². The van der Waals surface area contributed by atoms with Gasteiger partial charge in [0.1, 0.15) is 23.7 Å². The molecule has 0 aromatic heterocycles. The number of benzene rings is 1. The minimum Gasteiger partial charge on any atom is -0.444 e. The highest BCUT2D eigenvalue weighted by Crippen LogP contribution is 2.23. The zero-order valence-electron chi connectivity index (χ0n) is 12.2. The predicted octanol–water partition coefficient (Wildman–Crippen LogP) is 3.32. The molecule has 1 atom stereocenters. The summed E-state index contributed by atoms with van der Waals surface area (Å²) in [5.74, 6) is -0.522. The third-order valence-electron chi connectivity index (χ3n) is 2.66. The van der Waals surface area contributed by atoms with E-state index in [1.807, 2.05) is 0 Å². The highest BCUT2D eigenvalue weighted by atomic mass is 19.1. The lowest BCUT2D eigenvalue weighted by Crippen LogP contribution is -2.40. The third kappa shape index (κ3) is 4.05. The molecule has 1 unspecified atom stereocenters. The van der Waals surface area contributed by atoms with Crippen LogP contribution in [-0.2, 0) is 9.53 Å². The van der Waals surface area contributed by atoms with Crippen LogP contribution in [-0.4, -0.2) is 29.4 Å². The van der Waals surface area contributed by atoms with Crippen molar-refractivity contribution < 1.29 is 18.7 Å². The van der Waals surface area contributed by atoms with E-state index in [1.165, 1.54) is 23.1 Å². The van der Waals surface area contributed by atoms with Crippen molar-refractivity contribution in [2.24, 2.45) is 0 Å². The fraction of sp³-hybridized carbons (Fsp3) is 0.467. The van der Waals surface area contributed by atoms with Crippen LogP contribution in [0.1, 0.15) is 39.3 Å². The van der Waals surface area contributed by atoms with Crippen LogP contribution in [0, 0.1) is 5.82 Å². The summed E-state index contributed by atoms with van der Waals surface area (Å²) >= 11 is 0. The van der Waals surface area contributed by atoms with Gasteiger partial charge in [-0.15, -0.1) is 0 Å². The zero-order chi connectivity index (χ0) is 15.3. The van der Waals surface area contributed by atoms with Crippen molar-refractivity contribution in [3.8, 4) is 0 Å². The van der Waals surface area contributed by atoms with Gasteiger partial charge >= 0.3 is 6.09 Å². The number of carbonyl (C=O) groups is 2. The Hall–Kier alpha value is -1.91. The van der Waals surface area contributed by atoms with Crippen molar-refractivity contribution in [2.45, 2.75) is 39.3 Å². The van der Waals surface area contributed by atoms with Crippen LogP contribution in [0.4, 0.5) is 9.18 Å². The highest BCUT2D eigenvalue weighted by Gasteiger charge is 2.29. The lowest BCUT2D eigenvalue weighted by molar-refractivity contribution is -0.112. The molecule has 1 amide bonds. The number of halogens is 1. The van der Waals surface area contributed by atoms with Crippen molar-refractivity contribution >= 4 is 12.4 Å². The molecule has 0 aliphatic heterocycles. The first-order chi connectivity index (χ1) is 9.30. The van der Waals surface area contributed by atoms with Crippen molar-refractivity contribution in [3.63, 3.8) is 0 Å². The molecule has 0 aliphatic carbocycles. The van der Waals surface area contributed by atoms with Gasteiger partial charge in [0, 0.05) is 12.1 Å². The average Bonchev–Trinajstić information content (AvgIpc) is 2.34. The van der Waals surface area contributed by atoms with Crippen LogP contribution in [0.2, 0.25) is 0 Å². The fourth-order valence-corrected chi connectivity index (χ4v) is 1.79. The Morgan fingerprint density at radius 2 is 2.00 bits per heavy atom. The van der Waals surface area contributed by atoms with E-state index in [1.54, 1.807) is 33.8 Å². The van der Waals surface area contributed by atoms with E-state index in [4.69, 9.17) is 4.74 Å². The van der Waals surface area contributed by atoms with Crippen LogP contribution < -0.4 is 0 Å². The van der Waals surface area contributed by atoms with Gasteiger partial charge in [-0.2, -0.15) is 0 Å². The maximum Gasteiger partial charge on any atom is 0.411 e. The van der Waals surface area contributed by atoms with E-state index >= 15 is 0 Å². The summed E-state index contributed by atoms with van der Waals surface area (Å²) in [4.78, 5) is 24.6. The standard InChI is InChI=1S/C15H20FNO3/c1-5-17(14(19)20-15(2,3)4)13(10-18)11-8-6-7-9-12(11)16/h6-10,13H,5H2,1-4H3. The number of aldehydes is 1. The molecule has 0 fully saturated rings. The second-order valence-electron chi connectivity index (χ2n) is 5.37. The molecule has 0 spiro atoms. The molecule has 110 valence electrons. The number of likely N-dealkylation sites (N-methyl/N-ethyl adjacent to an activating group) is 1. The van der Waals surface area contributed by atoms with Crippen LogP contribution in [0.5, 0.6) is 0 Å². The molecule has 0 saturated carbocycles. The molecule has 20 heavy (non-hydrogen) atoms.